The molecule has 0 aliphatic heterocycles. The largest absolute Gasteiger partial charge is 0.396 e. The summed E-state index contributed by atoms with van der Waals surface area (Å²) >= 11 is 0. The summed E-state index contributed by atoms with van der Waals surface area (Å²) < 4.78 is 39.5. The SMILES string of the molecule is Cc1c(F)cc(C(N)CCO)c(F)c1F.Cl. The van der Waals surface area contributed by atoms with Gasteiger partial charge in [0.25, 0.3) is 0 Å². The third-order valence-electron chi connectivity index (χ3n) is 2.26. The molecule has 1 atom stereocenters. The summed E-state index contributed by atoms with van der Waals surface area (Å²) in [6.07, 6.45) is 0.0544. The van der Waals surface area contributed by atoms with Crippen LogP contribution in [-0.2, 0) is 0 Å². The van der Waals surface area contributed by atoms with Crippen LogP contribution in [0, 0.1) is 24.4 Å². The highest BCUT2D eigenvalue weighted by Gasteiger charge is 2.19. The number of halogens is 4. The monoisotopic (exact) mass is 255 g/mol. The molecule has 0 aliphatic carbocycles. The van der Waals surface area contributed by atoms with Crippen molar-refractivity contribution >= 4 is 12.4 Å². The lowest BCUT2D eigenvalue weighted by Gasteiger charge is -2.13. The normalized spacial score (nSPS) is 12.1. The number of benzene rings is 1. The number of rotatable bonds is 3. The van der Waals surface area contributed by atoms with Crippen LogP contribution in [0.2, 0.25) is 0 Å². The van der Waals surface area contributed by atoms with E-state index in [2.05, 4.69) is 0 Å². The molecule has 0 fully saturated rings. The Kier molecular flexibility index (Phi) is 5.78. The van der Waals surface area contributed by atoms with Gasteiger partial charge in [0.2, 0.25) is 0 Å². The summed E-state index contributed by atoms with van der Waals surface area (Å²) in [5.74, 6) is -3.20. The third-order valence-corrected chi connectivity index (χ3v) is 2.26. The van der Waals surface area contributed by atoms with Crippen molar-refractivity contribution in [1.29, 1.82) is 0 Å². The van der Waals surface area contributed by atoms with Crippen LogP contribution in [-0.4, -0.2) is 11.7 Å². The van der Waals surface area contributed by atoms with E-state index in [0.29, 0.717) is 0 Å². The Labute approximate surface area is 97.7 Å². The van der Waals surface area contributed by atoms with Crippen molar-refractivity contribution in [1.82, 2.24) is 0 Å². The topological polar surface area (TPSA) is 46.2 Å². The van der Waals surface area contributed by atoms with E-state index < -0.39 is 23.5 Å². The second-order valence-corrected chi connectivity index (χ2v) is 3.32. The average Bonchev–Trinajstić information content (AvgIpc) is 2.20. The van der Waals surface area contributed by atoms with Crippen molar-refractivity contribution in [3.63, 3.8) is 0 Å². The van der Waals surface area contributed by atoms with E-state index in [4.69, 9.17) is 10.8 Å². The predicted molar refractivity (Wildman–Crippen MR) is 56.9 cm³/mol. The molecule has 16 heavy (non-hydrogen) atoms. The molecule has 2 nitrogen and oxygen atoms in total. The molecule has 1 rings (SSSR count). The van der Waals surface area contributed by atoms with E-state index in [1.54, 1.807) is 0 Å². The summed E-state index contributed by atoms with van der Waals surface area (Å²) in [5, 5.41) is 8.59. The average molecular weight is 256 g/mol. The van der Waals surface area contributed by atoms with Crippen molar-refractivity contribution in [2.45, 2.75) is 19.4 Å². The van der Waals surface area contributed by atoms with E-state index in [1.807, 2.05) is 0 Å². The van der Waals surface area contributed by atoms with Crippen molar-refractivity contribution in [2.24, 2.45) is 5.73 Å². The van der Waals surface area contributed by atoms with Crippen molar-refractivity contribution in [2.75, 3.05) is 6.61 Å². The van der Waals surface area contributed by atoms with Gasteiger partial charge in [-0.2, -0.15) is 0 Å². The highest BCUT2D eigenvalue weighted by atomic mass is 35.5. The first-order valence-corrected chi connectivity index (χ1v) is 4.49. The lowest BCUT2D eigenvalue weighted by atomic mass is 10.0. The molecular formula is C10H13ClF3NO. The summed E-state index contributed by atoms with van der Waals surface area (Å²) in [5.41, 5.74) is 4.85. The van der Waals surface area contributed by atoms with Crippen molar-refractivity contribution < 1.29 is 18.3 Å². The lowest BCUT2D eigenvalue weighted by Crippen LogP contribution is -2.15. The van der Waals surface area contributed by atoms with Gasteiger partial charge in [-0.3, -0.25) is 0 Å². The van der Waals surface area contributed by atoms with Crippen LogP contribution < -0.4 is 5.73 Å². The number of aliphatic hydroxyl groups is 1. The second-order valence-electron chi connectivity index (χ2n) is 3.32. The van der Waals surface area contributed by atoms with Crippen LogP contribution in [0.25, 0.3) is 0 Å². The minimum Gasteiger partial charge on any atom is -0.396 e. The molecule has 0 radical (unpaired) electrons. The molecule has 0 amide bonds. The van der Waals surface area contributed by atoms with Crippen LogP contribution in [0.4, 0.5) is 13.2 Å². The molecule has 0 aliphatic rings. The van der Waals surface area contributed by atoms with Gasteiger partial charge in [0.15, 0.2) is 11.6 Å². The third kappa shape index (κ3) is 2.87. The number of nitrogens with two attached hydrogens (primary N) is 1. The molecule has 6 heteroatoms. The number of hydrogen-bond acceptors (Lipinski definition) is 2. The molecule has 0 saturated heterocycles. The van der Waals surface area contributed by atoms with Gasteiger partial charge in [-0.15, -0.1) is 12.4 Å². The Morgan fingerprint density at radius 2 is 1.88 bits per heavy atom. The summed E-state index contributed by atoms with van der Waals surface area (Å²) in [6, 6.07) is -0.0340. The standard InChI is InChI=1S/C10H12F3NO.ClH/c1-5-7(11)4-6(8(14)2-3-15)10(13)9(5)12;/h4,8,15H,2-3,14H2,1H3;1H. The lowest BCUT2D eigenvalue weighted by molar-refractivity contribution is 0.274. The number of aliphatic hydroxyl groups excluding tert-OH is 1. The maximum absolute atomic E-state index is 13.3. The fourth-order valence-electron chi connectivity index (χ4n) is 1.27. The minimum absolute atomic E-state index is 0. The fourth-order valence-corrected chi connectivity index (χ4v) is 1.27. The minimum atomic E-state index is -1.22. The highest BCUT2D eigenvalue weighted by Crippen LogP contribution is 2.24. The Bertz CT molecular complexity index is 374. The summed E-state index contributed by atoms with van der Waals surface area (Å²) in [4.78, 5) is 0. The Morgan fingerprint density at radius 1 is 1.31 bits per heavy atom. The van der Waals surface area contributed by atoms with E-state index in [-0.39, 0.29) is 36.6 Å². The van der Waals surface area contributed by atoms with Gasteiger partial charge in [0.05, 0.1) is 0 Å². The Hall–Kier alpha value is -0.780. The molecule has 0 saturated carbocycles. The van der Waals surface area contributed by atoms with Gasteiger partial charge in [0, 0.05) is 23.8 Å². The van der Waals surface area contributed by atoms with Gasteiger partial charge < -0.3 is 10.8 Å². The fraction of sp³-hybridized carbons (Fsp3) is 0.400. The van der Waals surface area contributed by atoms with Gasteiger partial charge in [-0.1, -0.05) is 0 Å². The van der Waals surface area contributed by atoms with E-state index >= 15 is 0 Å². The van der Waals surface area contributed by atoms with Crippen LogP contribution in [0.3, 0.4) is 0 Å². The number of hydrogen-bond donors (Lipinski definition) is 2. The van der Waals surface area contributed by atoms with Gasteiger partial charge in [0.1, 0.15) is 5.82 Å². The Morgan fingerprint density at radius 3 is 2.38 bits per heavy atom. The summed E-state index contributed by atoms with van der Waals surface area (Å²) in [6.45, 7) is 0.882. The smallest absolute Gasteiger partial charge is 0.164 e. The van der Waals surface area contributed by atoms with Crippen LogP contribution >= 0.6 is 12.4 Å². The molecule has 0 heterocycles. The first-order valence-electron chi connectivity index (χ1n) is 4.49. The molecule has 1 unspecified atom stereocenters. The maximum atomic E-state index is 13.3. The van der Waals surface area contributed by atoms with E-state index in [0.717, 1.165) is 13.0 Å². The quantitative estimate of drug-likeness (QED) is 0.814. The summed E-state index contributed by atoms with van der Waals surface area (Å²) in [7, 11) is 0. The van der Waals surface area contributed by atoms with Crippen LogP contribution in [0.15, 0.2) is 6.07 Å². The molecule has 92 valence electrons. The molecule has 1 aromatic carbocycles. The van der Waals surface area contributed by atoms with E-state index in [9.17, 15) is 13.2 Å². The van der Waals surface area contributed by atoms with Crippen LogP contribution in [0.5, 0.6) is 0 Å². The van der Waals surface area contributed by atoms with Crippen molar-refractivity contribution in [3.05, 3.63) is 34.6 Å². The molecule has 1 aromatic rings. The highest BCUT2D eigenvalue weighted by molar-refractivity contribution is 5.85. The first-order chi connectivity index (χ1) is 6.99. The van der Waals surface area contributed by atoms with Crippen LogP contribution in [0.1, 0.15) is 23.6 Å². The Balaban J connectivity index is 0.00000225. The molecule has 3 N–H and O–H groups in total. The molecule has 0 aromatic heterocycles. The van der Waals surface area contributed by atoms with E-state index in [1.165, 1.54) is 0 Å². The predicted octanol–water partition coefficient (Wildman–Crippen LogP) is 2.22. The maximum Gasteiger partial charge on any atom is 0.164 e. The van der Waals surface area contributed by atoms with Crippen molar-refractivity contribution in [3.8, 4) is 0 Å². The first kappa shape index (κ1) is 15.2. The molecular weight excluding hydrogens is 243 g/mol. The molecule has 0 spiro atoms. The van der Waals surface area contributed by atoms with Gasteiger partial charge >= 0.3 is 0 Å². The zero-order chi connectivity index (χ0) is 11.6. The van der Waals surface area contributed by atoms with Gasteiger partial charge in [-0.05, 0) is 19.4 Å². The molecule has 0 bridgehead atoms. The zero-order valence-corrected chi connectivity index (χ0v) is 9.45. The second kappa shape index (κ2) is 6.08. The van der Waals surface area contributed by atoms with Gasteiger partial charge in [-0.25, -0.2) is 13.2 Å². The zero-order valence-electron chi connectivity index (χ0n) is 8.64.